The molecule has 0 spiro atoms. The first-order valence-corrected chi connectivity index (χ1v) is 10.6. The van der Waals surface area contributed by atoms with Crippen LogP contribution in [0.5, 0.6) is 5.88 Å². The summed E-state index contributed by atoms with van der Waals surface area (Å²) in [5.41, 5.74) is -0.304. The second kappa shape index (κ2) is 9.55. The predicted molar refractivity (Wildman–Crippen MR) is 112 cm³/mol. The highest BCUT2D eigenvalue weighted by atomic mass is 19.3. The fraction of sp³-hybridized carbons (Fsp3) is 0.409. The third-order valence-corrected chi connectivity index (χ3v) is 5.65. The summed E-state index contributed by atoms with van der Waals surface area (Å²) in [6.07, 6.45) is 1.07. The van der Waals surface area contributed by atoms with E-state index in [2.05, 4.69) is 20.1 Å². The Balaban J connectivity index is 1.61. The standard InChI is InChI=1S/C22H21F5N6O2/c1-12-5-22(26,27)11-33(16(12)10-35-17-4-3-13(6-28-17)19(24)25)21(34)18-15(9-32(2)31-18)20-29-7-14(23)8-30-20/h3-4,6-9,12,16,19H,5,10-11H2,1-2H3. The number of carbonyl (C=O) groups is 1. The van der Waals surface area contributed by atoms with Gasteiger partial charge in [0, 0.05) is 37.5 Å². The van der Waals surface area contributed by atoms with E-state index in [1.807, 2.05) is 0 Å². The van der Waals surface area contributed by atoms with Crippen LogP contribution in [0.25, 0.3) is 11.4 Å². The van der Waals surface area contributed by atoms with E-state index in [1.165, 1.54) is 24.0 Å². The van der Waals surface area contributed by atoms with E-state index in [0.717, 1.165) is 29.6 Å². The molecule has 1 aliphatic heterocycles. The van der Waals surface area contributed by atoms with Crippen molar-refractivity contribution in [1.82, 2.24) is 29.6 Å². The summed E-state index contributed by atoms with van der Waals surface area (Å²) >= 11 is 0. The minimum atomic E-state index is -3.15. The highest BCUT2D eigenvalue weighted by molar-refractivity contribution is 5.98. The fourth-order valence-corrected chi connectivity index (χ4v) is 4.00. The summed E-state index contributed by atoms with van der Waals surface area (Å²) in [4.78, 5) is 26.0. The molecule has 1 amide bonds. The van der Waals surface area contributed by atoms with Gasteiger partial charge in [0.15, 0.2) is 17.3 Å². The number of likely N-dealkylation sites (tertiary alicyclic amines) is 1. The average molecular weight is 496 g/mol. The van der Waals surface area contributed by atoms with E-state index in [4.69, 9.17) is 4.74 Å². The predicted octanol–water partition coefficient (Wildman–Crippen LogP) is 3.91. The quantitative estimate of drug-likeness (QED) is 0.481. The first kappa shape index (κ1) is 24.5. The Morgan fingerprint density at radius 2 is 1.91 bits per heavy atom. The molecule has 3 aromatic rings. The number of carbonyl (C=O) groups excluding carboxylic acids is 1. The van der Waals surface area contributed by atoms with Crippen LogP contribution in [-0.4, -0.2) is 60.7 Å². The molecule has 2 atom stereocenters. The number of pyridine rings is 1. The maximum Gasteiger partial charge on any atom is 0.275 e. The van der Waals surface area contributed by atoms with Crippen molar-refractivity contribution in [3.05, 3.63) is 54.0 Å². The number of ether oxygens (including phenoxy) is 1. The van der Waals surface area contributed by atoms with E-state index >= 15 is 0 Å². The van der Waals surface area contributed by atoms with Crippen molar-refractivity contribution in [3.8, 4) is 17.3 Å². The van der Waals surface area contributed by atoms with Crippen LogP contribution in [0.1, 0.15) is 35.8 Å². The maximum absolute atomic E-state index is 14.5. The van der Waals surface area contributed by atoms with Crippen LogP contribution in [0.3, 0.4) is 0 Å². The average Bonchev–Trinajstić information content (AvgIpc) is 3.19. The van der Waals surface area contributed by atoms with Crippen LogP contribution in [0.15, 0.2) is 36.9 Å². The summed E-state index contributed by atoms with van der Waals surface area (Å²) in [5, 5.41) is 4.12. The van der Waals surface area contributed by atoms with Gasteiger partial charge in [0.25, 0.3) is 18.3 Å². The number of hydrogen-bond acceptors (Lipinski definition) is 6. The molecule has 1 fully saturated rings. The van der Waals surface area contributed by atoms with Crippen molar-refractivity contribution in [2.75, 3.05) is 13.2 Å². The van der Waals surface area contributed by atoms with E-state index in [9.17, 15) is 26.7 Å². The SMILES string of the molecule is CC1CC(F)(F)CN(C(=O)c2nn(C)cc2-c2ncc(F)cn2)C1COc1ccc(C(F)F)cn1. The Bertz CT molecular complexity index is 1190. The second-order valence-corrected chi connectivity index (χ2v) is 8.37. The van der Waals surface area contributed by atoms with Gasteiger partial charge in [0.1, 0.15) is 6.61 Å². The molecule has 186 valence electrons. The summed E-state index contributed by atoms with van der Waals surface area (Å²) in [6, 6.07) is 1.61. The molecule has 35 heavy (non-hydrogen) atoms. The third-order valence-electron chi connectivity index (χ3n) is 5.65. The van der Waals surface area contributed by atoms with Crippen molar-refractivity contribution in [2.45, 2.75) is 31.7 Å². The van der Waals surface area contributed by atoms with E-state index < -0.39 is 49.0 Å². The normalized spacial score (nSPS) is 19.7. The van der Waals surface area contributed by atoms with E-state index in [0.29, 0.717) is 0 Å². The highest BCUT2D eigenvalue weighted by Gasteiger charge is 2.47. The number of nitrogens with zero attached hydrogens (tertiary/aromatic N) is 6. The Morgan fingerprint density at radius 1 is 1.20 bits per heavy atom. The van der Waals surface area contributed by atoms with Gasteiger partial charge in [-0.3, -0.25) is 9.48 Å². The Labute approximate surface area is 196 Å². The molecule has 8 nitrogen and oxygen atoms in total. The zero-order valence-electron chi connectivity index (χ0n) is 18.7. The van der Waals surface area contributed by atoms with Gasteiger partial charge in [0.2, 0.25) is 5.88 Å². The fourth-order valence-electron chi connectivity index (χ4n) is 4.00. The van der Waals surface area contributed by atoms with Gasteiger partial charge in [-0.15, -0.1) is 0 Å². The molecule has 0 aromatic carbocycles. The van der Waals surface area contributed by atoms with Gasteiger partial charge >= 0.3 is 0 Å². The highest BCUT2D eigenvalue weighted by Crippen LogP contribution is 2.36. The van der Waals surface area contributed by atoms with Crippen LogP contribution in [-0.2, 0) is 7.05 Å². The molecule has 0 aliphatic carbocycles. The van der Waals surface area contributed by atoms with Crippen LogP contribution in [0.2, 0.25) is 0 Å². The number of hydrogen-bond donors (Lipinski definition) is 0. The third kappa shape index (κ3) is 5.38. The first-order valence-electron chi connectivity index (χ1n) is 10.6. The van der Waals surface area contributed by atoms with Crippen molar-refractivity contribution >= 4 is 5.91 Å². The molecule has 0 N–H and O–H groups in total. The molecule has 1 saturated heterocycles. The summed E-state index contributed by atoms with van der Waals surface area (Å²) in [6.45, 7) is 0.499. The number of halogens is 5. The van der Waals surface area contributed by atoms with Crippen molar-refractivity contribution < 1.29 is 31.5 Å². The molecule has 2 unspecified atom stereocenters. The molecule has 4 heterocycles. The Kier molecular flexibility index (Phi) is 6.68. The summed E-state index contributed by atoms with van der Waals surface area (Å²) in [7, 11) is 1.53. The molecular formula is C22H21F5N6O2. The van der Waals surface area contributed by atoms with Gasteiger partial charge in [-0.25, -0.2) is 36.9 Å². The molecule has 0 bridgehead atoms. The number of piperidine rings is 1. The van der Waals surface area contributed by atoms with Gasteiger partial charge in [0.05, 0.1) is 30.5 Å². The monoisotopic (exact) mass is 496 g/mol. The minimum Gasteiger partial charge on any atom is -0.475 e. The number of alkyl halides is 4. The van der Waals surface area contributed by atoms with E-state index in [-0.39, 0.29) is 35.1 Å². The van der Waals surface area contributed by atoms with Gasteiger partial charge in [-0.1, -0.05) is 6.92 Å². The Hall–Kier alpha value is -3.64. The van der Waals surface area contributed by atoms with Crippen LogP contribution >= 0.6 is 0 Å². The minimum absolute atomic E-state index is 0.00999. The molecule has 4 rings (SSSR count). The molecule has 0 radical (unpaired) electrons. The lowest BCUT2D eigenvalue weighted by atomic mass is 9.88. The summed E-state index contributed by atoms with van der Waals surface area (Å²) in [5.74, 6) is -5.27. The van der Waals surface area contributed by atoms with E-state index in [1.54, 1.807) is 6.92 Å². The second-order valence-electron chi connectivity index (χ2n) is 8.37. The molecule has 13 heteroatoms. The van der Waals surface area contributed by atoms with Crippen LogP contribution in [0, 0.1) is 11.7 Å². The lowest BCUT2D eigenvalue weighted by molar-refractivity contribution is -0.0979. The zero-order chi connectivity index (χ0) is 25.3. The molecule has 0 saturated carbocycles. The zero-order valence-corrected chi connectivity index (χ0v) is 18.7. The largest absolute Gasteiger partial charge is 0.475 e. The van der Waals surface area contributed by atoms with Crippen molar-refractivity contribution in [1.29, 1.82) is 0 Å². The van der Waals surface area contributed by atoms with Gasteiger partial charge < -0.3 is 9.64 Å². The van der Waals surface area contributed by atoms with Crippen molar-refractivity contribution in [3.63, 3.8) is 0 Å². The lowest BCUT2D eigenvalue weighted by Crippen LogP contribution is -2.57. The summed E-state index contributed by atoms with van der Waals surface area (Å²) < 4.78 is 74.6. The first-order chi connectivity index (χ1) is 16.5. The lowest BCUT2D eigenvalue weighted by Gasteiger charge is -2.42. The van der Waals surface area contributed by atoms with Gasteiger partial charge in [-0.05, 0) is 12.0 Å². The van der Waals surface area contributed by atoms with Gasteiger partial charge in [-0.2, -0.15) is 5.10 Å². The van der Waals surface area contributed by atoms with Crippen molar-refractivity contribution in [2.24, 2.45) is 13.0 Å². The van der Waals surface area contributed by atoms with Crippen LogP contribution in [0.4, 0.5) is 22.0 Å². The number of aromatic nitrogens is 5. The van der Waals surface area contributed by atoms with Crippen LogP contribution < -0.4 is 4.74 Å². The number of rotatable bonds is 6. The maximum atomic E-state index is 14.5. The molecular weight excluding hydrogens is 475 g/mol. The number of amides is 1. The molecule has 3 aromatic heterocycles. The number of aryl methyl sites for hydroxylation is 1. The molecule has 1 aliphatic rings. The smallest absolute Gasteiger partial charge is 0.275 e. The topological polar surface area (TPSA) is 86.0 Å². The Morgan fingerprint density at radius 3 is 2.54 bits per heavy atom.